The molecule has 1 fully saturated rings. The van der Waals surface area contributed by atoms with E-state index in [1.54, 1.807) is 36.4 Å². The molecule has 4 rings (SSSR count). The van der Waals surface area contributed by atoms with Crippen LogP contribution in [0.1, 0.15) is 12.5 Å². The van der Waals surface area contributed by atoms with Crippen LogP contribution in [0.3, 0.4) is 0 Å². The fraction of sp³-hybridized carbons (Fsp3) is 0.333. The van der Waals surface area contributed by atoms with Gasteiger partial charge in [0.25, 0.3) is 0 Å². The lowest BCUT2D eigenvalue weighted by molar-refractivity contribution is -0.117. The van der Waals surface area contributed by atoms with Crippen LogP contribution in [0.5, 0.6) is 11.5 Å². The number of amides is 2. The molecule has 1 saturated heterocycles. The molecule has 0 bridgehead atoms. The first-order valence-electron chi connectivity index (χ1n) is 13.5. The minimum Gasteiger partial charge on any atom is -0.508 e. The van der Waals surface area contributed by atoms with Crippen LogP contribution in [0.25, 0.3) is 0 Å². The molecule has 1 atom stereocenters. The Morgan fingerprint density at radius 2 is 1.73 bits per heavy atom. The van der Waals surface area contributed by atoms with E-state index in [4.69, 9.17) is 15.2 Å². The number of nitrogens with zero attached hydrogens (tertiary/aromatic N) is 2. The van der Waals surface area contributed by atoms with Crippen LogP contribution in [0, 0.1) is 0 Å². The highest BCUT2D eigenvalue weighted by atomic mass is 16.5. The average molecular weight is 548 g/mol. The van der Waals surface area contributed by atoms with Gasteiger partial charge in [0.1, 0.15) is 18.1 Å². The monoisotopic (exact) mass is 547 g/mol. The van der Waals surface area contributed by atoms with Crippen molar-refractivity contribution < 1.29 is 24.2 Å². The lowest BCUT2D eigenvalue weighted by atomic mass is 10.1. The highest BCUT2D eigenvalue weighted by molar-refractivity contribution is 5.95. The van der Waals surface area contributed by atoms with E-state index in [1.165, 1.54) is 0 Å². The number of phenolic OH excluding ortho intramolecular Hbond substituents is 1. The first-order chi connectivity index (χ1) is 19.4. The number of nitrogens with one attached hydrogen (secondary N) is 2. The quantitative estimate of drug-likeness (QED) is 0.286. The highest BCUT2D eigenvalue weighted by Gasteiger charge is 2.19. The molecule has 0 unspecified atom stereocenters. The molecule has 5 N–H and O–H groups in total. The largest absolute Gasteiger partial charge is 0.508 e. The van der Waals surface area contributed by atoms with Crippen LogP contribution in [0.4, 0.5) is 21.9 Å². The van der Waals surface area contributed by atoms with Gasteiger partial charge in [-0.3, -0.25) is 15.0 Å². The molecule has 1 aliphatic heterocycles. The number of para-hydroxylation sites is 2. The molecule has 0 saturated carbocycles. The number of nitrogens with two attached hydrogens (primary N) is 1. The number of anilines is 3. The van der Waals surface area contributed by atoms with Gasteiger partial charge in [0.2, 0.25) is 5.91 Å². The minimum atomic E-state index is -0.708. The zero-order valence-electron chi connectivity index (χ0n) is 22.7. The van der Waals surface area contributed by atoms with E-state index in [-0.39, 0.29) is 18.3 Å². The Morgan fingerprint density at radius 3 is 2.48 bits per heavy atom. The summed E-state index contributed by atoms with van der Waals surface area (Å²) >= 11 is 0. The van der Waals surface area contributed by atoms with Crippen molar-refractivity contribution in [1.82, 2.24) is 4.90 Å². The highest BCUT2D eigenvalue weighted by Crippen LogP contribution is 2.24. The second-order valence-electron chi connectivity index (χ2n) is 9.54. The van der Waals surface area contributed by atoms with Crippen molar-refractivity contribution in [2.24, 2.45) is 5.73 Å². The molecule has 212 valence electrons. The Morgan fingerprint density at radius 1 is 0.975 bits per heavy atom. The minimum absolute atomic E-state index is 0.177. The molecule has 3 aromatic carbocycles. The van der Waals surface area contributed by atoms with Gasteiger partial charge in [0, 0.05) is 44.1 Å². The Labute approximate surface area is 234 Å². The van der Waals surface area contributed by atoms with E-state index >= 15 is 0 Å². The van der Waals surface area contributed by atoms with E-state index in [1.807, 2.05) is 43.3 Å². The molecule has 10 heteroatoms. The molecule has 0 aliphatic carbocycles. The van der Waals surface area contributed by atoms with E-state index in [0.717, 1.165) is 37.4 Å². The van der Waals surface area contributed by atoms with Gasteiger partial charge in [-0.1, -0.05) is 30.3 Å². The fourth-order valence-corrected chi connectivity index (χ4v) is 4.49. The van der Waals surface area contributed by atoms with Crippen molar-refractivity contribution in [3.63, 3.8) is 0 Å². The summed E-state index contributed by atoms with van der Waals surface area (Å²) < 4.78 is 10.9. The van der Waals surface area contributed by atoms with Gasteiger partial charge in [0.05, 0.1) is 18.3 Å². The third kappa shape index (κ3) is 8.36. The number of carbonyl (C=O) groups is 2. The van der Waals surface area contributed by atoms with Crippen molar-refractivity contribution in [1.29, 1.82) is 0 Å². The summed E-state index contributed by atoms with van der Waals surface area (Å²) in [5.74, 6) is 0.523. The normalized spacial score (nSPS) is 14.3. The number of piperazine rings is 1. The lowest BCUT2D eigenvalue weighted by Crippen LogP contribution is -2.47. The maximum atomic E-state index is 12.7. The van der Waals surface area contributed by atoms with Crippen LogP contribution >= 0.6 is 0 Å². The average Bonchev–Trinajstić information content (AvgIpc) is 2.96. The number of hydrogen-bond donors (Lipinski definition) is 4. The van der Waals surface area contributed by atoms with Crippen LogP contribution in [-0.2, 0) is 16.0 Å². The van der Waals surface area contributed by atoms with Gasteiger partial charge in [-0.15, -0.1) is 0 Å². The summed E-state index contributed by atoms with van der Waals surface area (Å²) in [7, 11) is 0. The summed E-state index contributed by atoms with van der Waals surface area (Å²) in [5, 5.41) is 15.1. The van der Waals surface area contributed by atoms with Gasteiger partial charge in [-0.05, 0) is 61.4 Å². The SMILES string of the molecule is CCOc1ccccc1NC(=O)OCCN1CCN(c2cccc(NC(=O)[C@@H](N)Cc3ccc(O)cc3)c2)CC1. The van der Waals surface area contributed by atoms with E-state index in [2.05, 4.69) is 20.4 Å². The fourth-order valence-electron chi connectivity index (χ4n) is 4.49. The molecule has 0 spiro atoms. The van der Waals surface area contributed by atoms with Crippen molar-refractivity contribution in [3.8, 4) is 11.5 Å². The first kappa shape index (κ1) is 28.7. The van der Waals surface area contributed by atoms with Gasteiger partial charge in [-0.2, -0.15) is 0 Å². The topological polar surface area (TPSA) is 129 Å². The van der Waals surface area contributed by atoms with Crippen LogP contribution in [0.15, 0.2) is 72.8 Å². The number of rotatable bonds is 11. The van der Waals surface area contributed by atoms with Gasteiger partial charge in [-0.25, -0.2) is 4.79 Å². The smallest absolute Gasteiger partial charge is 0.411 e. The predicted octanol–water partition coefficient (Wildman–Crippen LogP) is 3.67. The molecular formula is C30H37N5O5. The molecule has 3 aromatic rings. The standard InChI is InChI=1S/C30H37N5O5/c1-2-39-28-9-4-3-8-27(28)33-30(38)40-19-18-34-14-16-35(17-15-34)24-7-5-6-23(21-24)32-29(37)26(31)20-22-10-12-25(36)13-11-22/h3-13,21,26,36H,2,14-20,31H2,1H3,(H,32,37)(H,33,38)/t26-/m0/s1. The Hall–Kier alpha value is -4.28. The third-order valence-electron chi connectivity index (χ3n) is 6.64. The lowest BCUT2D eigenvalue weighted by Gasteiger charge is -2.36. The summed E-state index contributed by atoms with van der Waals surface area (Å²) in [6, 6.07) is 21.0. The molecule has 0 radical (unpaired) electrons. The summed E-state index contributed by atoms with van der Waals surface area (Å²) in [6.07, 6.45) is -0.132. The molecule has 0 aromatic heterocycles. The Bertz CT molecular complexity index is 1260. The molecule has 1 heterocycles. The number of carbonyl (C=O) groups excluding carboxylic acids is 2. The van der Waals surface area contributed by atoms with E-state index < -0.39 is 12.1 Å². The molecule has 2 amide bonds. The second kappa shape index (κ2) is 14.2. The summed E-state index contributed by atoms with van der Waals surface area (Å²) in [4.78, 5) is 29.4. The van der Waals surface area contributed by atoms with Gasteiger partial charge >= 0.3 is 6.09 Å². The van der Waals surface area contributed by atoms with Crippen molar-refractivity contribution in [2.75, 3.05) is 61.5 Å². The number of phenols is 1. The van der Waals surface area contributed by atoms with Crippen LogP contribution < -0.4 is 26.0 Å². The van der Waals surface area contributed by atoms with Crippen molar-refractivity contribution in [3.05, 3.63) is 78.4 Å². The number of hydrogen-bond acceptors (Lipinski definition) is 8. The maximum absolute atomic E-state index is 12.7. The Kier molecular flexibility index (Phi) is 10.2. The zero-order valence-corrected chi connectivity index (χ0v) is 22.7. The van der Waals surface area contributed by atoms with Crippen LogP contribution in [0.2, 0.25) is 0 Å². The number of ether oxygens (including phenoxy) is 2. The second-order valence-corrected chi connectivity index (χ2v) is 9.54. The summed E-state index contributed by atoms with van der Waals surface area (Å²) in [5.41, 5.74) is 9.29. The van der Waals surface area contributed by atoms with Crippen LogP contribution in [-0.4, -0.2) is 74.0 Å². The third-order valence-corrected chi connectivity index (χ3v) is 6.64. The molecular weight excluding hydrogens is 510 g/mol. The van der Waals surface area contributed by atoms with Gasteiger partial charge in [0.15, 0.2) is 0 Å². The Balaban J connectivity index is 1.19. The van der Waals surface area contributed by atoms with E-state index in [0.29, 0.717) is 36.7 Å². The molecule has 10 nitrogen and oxygen atoms in total. The van der Waals surface area contributed by atoms with Crippen molar-refractivity contribution in [2.45, 2.75) is 19.4 Å². The van der Waals surface area contributed by atoms with E-state index in [9.17, 15) is 14.7 Å². The van der Waals surface area contributed by atoms with Gasteiger partial charge < -0.3 is 30.5 Å². The zero-order chi connectivity index (χ0) is 28.3. The number of aromatic hydroxyl groups is 1. The molecule has 40 heavy (non-hydrogen) atoms. The first-order valence-corrected chi connectivity index (χ1v) is 13.5. The van der Waals surface area contributed by atoms with Crippen molar-refractivity contribution >= 4 is 29.1 Å². The predicted molar refractivity (Wildman–Crippen MR) is 156 cm³/mol. The maximum Gasteiger partial charge on any atom is 0.411 e. The molecule has 1 aliphatic rings. The number of benzene rings is 3. The summed E-state index contributed by atoms with van der Waals surface area (Å²) in [6.45, 7) is 6.60.